The van der Waals surface area contributed by atoms with E-state index < -0.39 is 0 Å². The van der Waals surface area contributed by atoms with Gasteiger partial charge in [-0.25, -0.2) is 0 Å². The molecule has 0 spiro atoms. The van der Waals surface area contributed by atoms with E-state index in [4.69, 9.17) is 0 Å². The Morgan fingerprint density at radius 2 is 2.00 bits per heavy atom. The van der Waals surface area contributed by atoms with E-state index in [0.29, 0.717) is 0 Å². The van der Waals surface area contributed by atoms with Crippen LogP contribution in [0.4, 0.5) is 0 Å². The second-order valence-corrected chi connectivity index (χ2v) is 3.95. The number of likely N-dealkylation sites (tertiary alicyclic amines) is 1. The van der Waals surface area contributed by atoms with Gasteiger partial charge in [0.1, 0.15) is 0 Å². The normalized spacial score (nSPS) is 31.9. The van der Waals surface area contributed by atoms with Crippen LogP contribution in [0.25, 0.3) is 0 Å². The van der Waals surface area contributed by atoms with Crippen molar-refractivity contribution in [3.63, 3.8) is 0 Å². The number of allylic oxidation sites excluding steroid dienone is 2. The molecule has 0 aromatic heterocycles. The minimum atomic E-state index is 0.913. The SMILES string of the molecule is C/C=C/CC1CN(C)CC1CC. The van der Waals surface area contributed by atoms with Crippen molar-refractivity contribution in [3.8, 4) is 0 Å². The molecule has 1 heterocycles. The van der Waals surface area contributed by atoms with Crippen LogP contribution in [0.15, 0.2) is 12.2 Å². The quantitative estimate of drug-likeness (QED) is 0.584. The zero-order valence-electron chi connectivity index (χ0n) is 8.59. The molecule has 2 atom stereocenters. The summed E-state index contributed by atoms with van der Waals surface area (Å²) in [5.74, 6) is 1.85. The largest absolute Gasteiger partial charge is 0.306 e. The van der Waals surface area contributed by atoms with E-state index in [2.05, 4.69) is 37.9 Å². The fourth-order valence-electron chi connectivity index (χ4n) is 2.21. The number of hydrogen-bond donors (Lipinski definition) is 0. The maximum absolute atomic E-state index is 2.46. The van der Waals surface area contributed by atoms with E-state index in [1.807, 2.05) is 0 Å². The molecule has 0 saturated carbocycles. The van der Waals surface area contributed by atoms with Gasteiger partial charge in [-0.1, -0.05) is 25.5 Å². The smallest absolute Gasteiger partial charge is 0.00128 e. The van der Waals surface area contributed by atoms with Crippen LogP contribution < -0.4 is 0 Å². The van der Waals surface area contributed by atoms with Gasteiger partial charge >= 0.3 is 0 Å². The van der Waals surface area contributed by atoms with Crippen molar-refractivity contribution in [1.82, 2.24) is 4.90 Å². The first-order valence-electron chi connectivity index (χ1n) is 5.07. The fraction of sp³-hybridized carbons (Fsp3) is 0.818. The lowest BCUT2D eigenvalue weighted by molar-refractivity contribution is 0.392. The molecule has 1 aliphatic heterocycles. The minimum absolute atomic E-state index is 0.913. The molecular weight excluding hydrogens is 146 g/mol. The Kier molecular flexibility index (Phi) is 3.80. The summed E-state index contributed by atoms with van der Waals surface area (Å²) in [6, 6.07) is 0. The molecular formula is C11H21N. The van der Waals surface area contributed by atoms with Crippen LogP contribution in [0.2, 0.25) is 0 Å². The molecule has 1 fully saturated rings. The predicted molar refractivity (Wildman–Crippen MR) is 54.2 cm³/mol. The molecule has 12 heavy (non-hydrogen) atoms. The van der Waals surface area contributed by atoms with Gasteiger partial charge in [0.25, 0.3) is 0 Å². The highest BCUT2D eigenvalue weighted by Gasteiger charge is 2.27. The highest BCUT2D eigenvalue weighted by atomic mass is 15.1. The van der Waals surface area contributed by atoms with E-state index in [-0.39, 0.29) is 0 Å². The second-order valence-electron chi connectivity index (χ2n) is 3.95. The van der Waals surface area contributed by atoms with Gasteiger partial charge < -0.3 is 4.90 Å². The number of nitrogens with zero attached hydrogens (tertiary/aromatic N) is 1. The third kappa shape index (κ3) is 2.34. The Hall–Kier alpha value is -0.300. The average Bonchev–Trinajstić information content (AvgIpc) is 2.42. The molecule has 0 aromatic carbocycles. The summed E-state index contributed by atoms with van der Waals surface area (Å²) in [5.41, 5.74) is 0. The molecule has 0 aromatic rings. The van der Waals surface area contributed by atoms with Crippen molar-refractivity contribution in [2.45, 2.75) is 26.7 Å². The molecule has 70 valence electrons. The molecule has 2 unspecified atom stereocenters. The van der Waals surface area contributed by atoms with Crippen molar-refractivity contribution in [2.75, 3.05) is 20.1 Å². The Labute approximate surface area is 76.5 Å². The van der Waals surface area contributed by atoms with Crippen LogP contribution in [0, 0.1) is 11.8 Å². The van der Waals surface area contributed by atoms with Gasteiger partial charge in [0.2, 0.25) is 0 Å². The maximum Gasteiger partial charge on any atom is 0.00128 e. The van der Waals surface area contributed by atoms with E-state index in [9.17, 15) is 0 Å². The molecule has 0 amide bonds. The molecule has 0 bridgehead atoms. The third-order valence-electron chi connectivity index (χ3n) is 2.96. The van der Waals surface area contributed by atoms with E-state index in [1.54, 1.807) is 0 Å². The maximum atomic E-state index is 2.46. The predicted octanol–water partition coefficient (Wildman–Crippen LogP) is 2.54. The highest BCUT2D eigenvalue weighted by molar-refractivity contribution is 4.88. The lowest BCUT2D eigenvalue weighted by Gasteiger charge is -2.13. The van der Waals surface area contributed by atoms with Gasteiger partial charge in [-0.15, -0.1) is 0 Å². The summed E-state index contributed by atoms with van der Waals surface area (Å²) in [5, 5.41) is 0. The fourth-order valence-corrected chi connectivity index (χ4v) is 2.21. The molecule has 0 N–H and O–H groups in total. The summed E-state index contributed by atoms with van der Waals surface area (Å²) in [6.07, 6.45) is 7.10. The van der Waals surface area contributed by atoms with Crippen molar-refractivity contribution < 1.29 is 0 Å². The Morgan fingerprint density at radius 1 is 1.33 bits per heavy atom. The Balaban J connectivity index is 2.40. The van der Waals surface area contributed by atoms with Crippen molar-refractivity contribution >= 4 is 0 Å². The number of hydrogen-bond acceptors (Lipinski definition) is 1. The van der Waals surface area contributed by atoms with Gasteiger partial charge in [0, 0.05) is 13.1 Å². The highest BCUT2D eigenvalue weighted by Crippen LogP contribution is 2.27. The van der Waals surface area contributed by atoms with E-state index in [0.717, 1.165) is 11.8 Å². The first-order valence-corrected chi connectivity index (χ1v) is 5.07. The first kappa shape index (κ1) is 9.79. The lowest BCUT2D eigenvalue weighted by Crippen LogP contribution is -2.13. The number of rotatable bonds is 3. The van der Waals surface area contributed by atoms with Gasteiger partial charge in [-0.2, -0.15) is 0 Å². The summed E-state index contributed by atoms with van der Waals surface area (Å²) >= 11 is 0. The summed E-state index contributed by atoms with van der Waals surface area (Å²) < 4.78 is 0. The average molecular weight is 167 g/mol. The van der Waals surface area contributed by atoms with Crippen LogP contribution in [-0.2, 0) is 0 Å². The topological polar surface area (TPSA) is 3.24 Å². The van der Waals surface area contributed by atoms with E-state index in [1.165, 1.54) is 25.9 Å². The van der Waals surface area contributed by atoms with Gasteiger partial charge in [0.15, 0.2) is 0 Å². The van der Waals surface area contributed by atoms with Crippen molar-refractivity contribution in [3.05, 3.63) is 12.2 Å². The minimum Gasteiger partial charge on any atom is -0.306 e. The zero-order valence-corrected chi connectivity index (χ0v) is 8.59. The van der Waals surface area contributed by atoms with Crippen LogP contribution in [0.1, 0.15) is 26.7 Å². The monoisotopic (exact) mass is 167 g/mol. The molecule has 1 saturated heterocycles. The first-order chi connectivity index (χ1) is 5.77. The second kappa shape index (κ2) is 4.66. The van der Waals surface area contributed by atoms with Crippen LogP contribution in [0.5, 0.6) is 0 Å². The van der Waals surface area contributed by atoms with Gasteiger partial charge in [0.05, 0.1) is 0 Å². The molecule has 1 aliphatic rings. The van der Waals surface area contributed by atoms with Crippen molar-refractivity contribution in [2.24, 2.45) is 11.8 Å². The van der Waals surface area contributed by atoms with Gasteiger partial charge in [-0.05, 0) is 32.2 Å². The summed E-state index contributed by atoms with van der Waals surface area (Å²) in [6.45, 7) is 7.02. The molecule has 0 aliphatic carbocycles. The van der Waals surface area contributed by atoms with Crippen LogP contribution in [-0.4, -0.2) is 25.0 Å². The van der Waals surface area contributed by atoms with Crippen LogP contribution in [0.3, 0.4) is 0 Å². The lowest BCUT2D eigenvalue weighted by atomic mass is 9.91. The molecule has 0 radical (unpaired) electrons. The summed E-state index contributed by atoms with van der Waals surface area (Å²) in [4.78, 5) is 2.46. The summed E-state index contributed by atoms with van der Waals surface area (Å²) in [7, 11) is 2.23. The Morgan fingerprint density at radius 3 is 2.58 bits per heavy atom. The van der Waals surface area contributed by atoms with Crippen molar-refractivity contribution in [1.29, 1.82) is 0 Å². The third-order valence-corrected chi connectivity index (χ3v) is 2.96. The van der Waals surface area contributed by atoms with Gasteiger partial charge in [-0.3, -0.25) is 0 Å². The zero-order chi connectivity index (χ0) is 8.97. The molecule has 1 heteroatoms. The molecule has 1 rings (SSSR count). The standard InChI is InChI=1S/C11H21N/c1-4-6-7-11-9-12(3)8-10(11)5-2/h4,6,10-11H,5,7-9H2,1-3H3/b6-4+. The van der Waals surface area contributed by atoms with Crippen LogP contribution >= 0.6 is 0 Å². The molecule has 1 nitrogen and oxygen atoms in total. The van der Waals surface area contributed by atoms with E-state index >= 15 is 0 Å². The Bertz CT molecular complexity index is 151.